The van der Waals surface area contributed by atoms with Gasteiger partial charge in [-0.15, -0.1) is 0 Å². The van der Waals surface area contributed by atoms with Gasteiger partial charge in [0.05, 0.1) is 27.4 Å². The van der Waals surface area contributed by atoms with E-state index in [0.29, 0.717) is 28.9 Å². The van der Waals surface area contributed by atoms with Crippen LogP contribution in [0.4, 0.5) is 5.69 Å². The molecule has 2 aliphatic rings. The van der Waals surface area contributed by atoms with Gasteiger partial charge in [-0.2, -0.15) is 0 Å². The smallest absolute Gasteiger partial charge is 0.203 e. The van der Waals surface area contributed by atoms with Crippen LogP contribution >= 0.6 is 0 Å². The first-order valence-electron chi connectivity index (χ1n) is 12.8. The van der Waals surface area contributed by atoms with E-state index in [1.807, 2.05) is 12.1 Å². The second kappa shape index (κ2) is 13.0. The molecule has 2 saturated carbocycles. The SMILES string of the molecule is COc1cc(N[C@@H](C(=O)C2CCCCCCC2)C2CCCCCCC2)cc(OC)c1OC. The molecule has 2 aliphatic carbocycles. The first-order chi connectivity index (χ1) is 15.7. The molecule has 0 spiro atoms. The summed E-state index contributed by atoms with van der Waals surface area (Å²) in [5.41, 5.74) is 0.866. The predicted octanol–water partition coefficient (Wildman–Crippen LogP) is 6.78. The number of ketones is 1. The van der Waals surface area contributed by atoms with E-state index < -0.39 is 0 Å². The van der Waals surface area contributed by atoms with Crippen molar-refractivity contribution in [2.24, 2.45) is 11.8 Å². The fraction of sp³-hybridized carbons (Fsp3) is 0.741. The van der Waals surface area contributed by atoms with Crippen molar-refractivity contribution < 1.29 is 19.0 Å². The summed E-state index contributed by atoms with van der Waals surface area (Å²) in [6, 6.07) is 3.71. The number of ether oxygens (including phenoxy) is 3. The van der Waals surface area contributed by atoms with Crippen molar-refractivity contribution in [2.45, 2.75) is 95.9 Å². The van der Waals surface area contributed by atoms with Gasteiger partial charge in [-0.1, -0.05) is 64.2 Å². The van der Waals surface area contributed by atoms with Crippen molar-refractivity contribution in [3.63, 3.8) is 0 Å². The number of hydrogen-bond acceptors (Lipinski definition) is 5. The average Bonchev–Trinajstić information content (AvgIpc) is 2.76. The van der Waals surface area contributed by atoms with Crippen LogP contribution in [0, 0.1) is 11.8 Å². The van der Waals surface area contributed by atoms with Crippen molar-refractivity contribution in [2.75, 3.05) is 26.6 Å². The summed E-state index contributed by atoms with van der Waals surface area (Å²) >= 11 is 0. The topological polar surface area (TPSA) is 56.8 Å². The lowest BCUT2D eigenvalue weighted by molar-refractivity contribution is -0.125. The lowest BCUT2D eigenvalue weighted by atomic mass is 9.78. The maximum atomic E-state index is 13.9. The molecule has 0 amide bonds. The van der Waals surface area contributed by atoms with Crippen molar-refractivity contribution >= 4 is 11.5 Å². The molecule has 1 aromatic carbocycles. The monoisotopic (exact) mass is 445 g/mol. The van der Waals surface area contributed by atoms with Gasteiger partial charge < -0.3 is 19.5 Å². The summed E-state index contributed by atoms with van der Waals surface area (Å²) in [6.07, 6.45) is 16.9. The van der Waals surface area contributed by atoms with Gasteiger partial charge in [-0.3, -0.25) is 4.79 Å². The highest BCUT2D eigenvalue weighted by molar-refractivity contribution is 5.89. The van der Waals surface area contributed by atoms with E-state index in [0.717, 1.165) is 31.4 Å². The summed E-state index contributed by atoms with van der Waals surface area (Å²) in [7, 11) is 4.88. The van der Waals surface area contributed by atoms with Crippen LogP contribution in [0.15, 0.2) is 12.1 Å². The Balaban J connectivity index is 1.88. The molecule has 5 nitrogen and oxygen atoms in total. The third kappa shape index (κ3) is 6.55. The number of anilines is 1. The Morgan fingerprint density at radius 3 is 1.69 bits per heavy atom. The summed E-state index contributed by atoms with van der Waals surface area (Å²) in [6.45, 7) is 0. The molecule has 0 aromatic heterocycles. The fourth-order valence-electron chi connectivity index (χ4n) is 5.58. The molecule has 0 heterocycles. The summed E-state index contributed by atoms with van der Waals surface area (Å²) < 4.78 is 16.6. The third-order valence-corrected chi connectivity index (χ3v) is 7.42. The van der Waals surface area contributed by atoms with E-state index in [9.17, 15) is 4.79 Å². The Labute approximate surface area is 194 Å². The second-order valence-corrected chi connectivity index (χ2v) is 9.59. The van der Waals surface area contributed by atoms with Crippen LogP contribution in [0.3, 0.4) is 0 Å². The van der Waals surface area contributed by atoms with Gasteiger partial charge in [-0.05, 0) is 31.6 Å². The molecule has 1 aromatic rings. The lowest BCUT2D eigenvalue weighted by Gasteiger charge is -2.33. The lowest BCUT2D eigenvalue weighted by Crippen LogP contribution is -2.41. The van der Waals surface area contributed by atoms with Crippen LogP contribution in [0.2, 0.25) is 0 Å². The van der Waals surface area contributed by atoms with Crippen molar-refractivity contribution in [3.8, 4) is 17.2 Å². The maximum Gasteiger partial charge on any atom is 0.203 e. The molecule has 0 bridgehead atoms. The van der Waals surface area contributed by atoms with Gasteiger partial charge in [0.2, 0.25) is 5.75 Å². The number of Topliss-reactive ketones (excluding diaryl/α,β-unsaturated/α-hetero) is 1. The molecular formula is C27H43NO4. The first-order valence-corrected chi connectivity index (χ1v) is 12.8. The minimum Gasteiger partial charge on any atom is -0.493 e. The van der Waals surface area contributed by atoms with Crippen LogP contribution in [0.1, 0.15) is 89.9 Å². The van der Waals surface area contributed by atoms with E-state index in [4.69, 9.17) is 14.2 Å². The van der Waals surface area contributed by atoms with Crippen LogP contribution in [0.25, 0.3) is 0 Å². The minimum absolute atomic E-state index is 0.152. The Kier molecular flexibility index (Phi) is 10.0. The van der Waals surface area contributed by atoms with Gasteiger partial charge in [0.15, 0.2) is 17.3 Å². The zero-order chi connectivity index (χ0) is 22.8. The zero-order valence-electron chi connectivity index (χ0n) is 20.4. The van der Waals surface area contributed by atoms with Crippen LogP contribution in [-0.2, 0) is 4.79 Å². The number of benzene rings is 1. The normalized spacial score (nSPS) is 20.2. The molecule has 1 atom stereocenters. The Morgan fingerprint density at radius 1 is 0.750 bits per heavy atom. The number of methoxy groups -OCH3 is 3. The van der Waals surface area contributed by atoms with Gasteiger partial charge >= 0.3 is 0 Å². The molecule has 0 saturated heterocycles. The van der Waals surface area contributed by atoms with Gasteiger partial charge in [0.1, 0.15) is 0 Å². The maximum absolute atomic E-state index is 13.9. The van der Waals surface area contributed by atoms with Gasteiger partial charge in [-0.25, -0.2) is 0 Å². The van der Waals surface area contributed by atoms with E-state index in [-0.39, 0.29) is 12.0 Å². The first kappa shape index (κ1) is 24.7. The van der Waals surface area contributed by atoms with E-state index >= 15 is 0 Å². The Hall–Kier alpha value is -1.91. The number of rotatable bonds is 8. The molecule has 180 valence electrons. The largest absolute Gasteiger partial charge is 0.493 e. The summed E-state index contributed by atoms with van der Waals surface area (Å²) in [5.74, 6) is 2.79. The van der Waals surface area contributed by atoms with E-state index in [1.165, 1.54) is 64.2 Å². The third-order valence-electron chi connectivity index (χ3n) is 7.42. The highest BCUT2D eigenvalue weighted by Gasteiger charge is 2.33. The van der Waals surface area contributed by atoms with Crippen molar-refractivity contribution in [1.82, 2.24) is 0 Å². The molecule has 0 radical (unpaired) electrons. The van der Waals surface area contributed by atoms with Gasteiger partial charge in [0.25, 0.3) is 0 Å². The predicted molar refractivity (Wildman–Crippen MR) is 130 cm³/mol. The highest BCUT2D eigenvalue weighted by atomic mass is 16.5. The molecule has 5 heteroatoms. The van der Waals surface area contributed by atoms with E-state index in [2.05, 4.69) is 5.32 Å². The van der Waals surface area contributed by atoms with Crippen molar-refractivity contribution in [3.05, 3.63) is 12.1 Å². The fourth-order valence-corrected chi connectivity index (χ4v) is 5.58. The van der Waals surface area contributed by atoms with E-state index in [1.54, 1.807) is 21.3 Å². The number of carbonyl (C=O) groups excluding carboxylic acids is 1. The molecule has 3 rings (SSSR count). The summed E-state index contributed by atoms with van der Waals surface area (Å²) in [5, 5.41) is 3.67. The highest BCUT2D eigenvalue weighted by Crippen LogP contribution is 2.41. The second-order valence-electron chi connectivity index (χ2n) is 9.59. The summed E-state index contributed by atoms with van der Waals surface area (Å²) in [4.78, 5) is 13.9. The number of nitrogens with one attached hydrogen (secondary N) is 1. The Morgan fingerprint density at radius 2 is 1.22 bits per heavy atom. The number of carbonyl (C=O) groups is 1. The van der Waals surface area contributed by atoms with Crippen LogP contribution in [0.5, 0.6) is 17.2 Å². The molecule has 32 heavy (non-hydrogen) atoms. The molecule has 2 fully saturated rings. The average molecular weight is 446 g/mol. The molecule has 1 N–H and O–H groups in total. The van der Waals surface area contributed by atoms with Gasteiger partial charge in [0, 0.05) is 23.7 Å². The number of hydrogen-bond donors (Lipinski definition) is 1. The standard InChI is InChI=1S/C27H43NO4/c1-30-23-18-22(19-24(31-2)27(23)32-3)28-25(20-14-10-6-4-7-11-15-20)26(29)21-16-12-8-5-9-13-17-21/h18-21,25,28H,4-17H2,1-3H3/t25-/m1/s1. The molecule has 0 unspecified atom stereocenters. The molecule has 0 aliphatic heterocycles. The quantitative estimate of drug-likeness (QED) is 0.478. The van der Waals surface area contributed by atoms with Crippen LogP contribution in [-0.4, -0.2) is 33.2 Å². The van der Waals surface area contributed by atoms with Crippen molar-refractivity contribution in [1.29, 1.82) is 0 Å². The van der Waals surface area contributed by atoms with Crippen LogP contribution < -0.4 is 19.5 Å². The Bertz CT molecular complexity index is 679. The zero-order valence-corrected chi connectivity index (χ0v) is 20.4. The molecular weight excluding hydrogens is 402 g/mol. The minimum atomic E-state index is -0.152.